The van der Waals surface area contributed by atoms with Gasteiger partial charge in [-0.2, -0.15) is 5.10 Å². The Balaban J connectivity index is 1.34. The number of hydrogen-bond donors (Lipinski definition) is 0. The summed E-state index contributed by atoms with van der Waals surface area (Å²) in [5.74, 6) is 0.216. The molecule has 2 aliphatic rings. The highest BCUT2D eigenvalue weighted by molar-refractivity contribution is 7.92. The SMILES string of the molecule is O=C(c1cccc(N2CCCCS2(=O)=O)c1)N1CCOC[C@H](Cc2cccn3nccc23)C1. The molecule has 1 aromatic carbocycles. The highest BCUT2D eigenvalue weighted by Crippen LogP contribution is 2.25. The van der Waals surface area contributed by atoms with E-state index in [9.17, 15) is 13.2 Å². The summed E-state index contributed by atoms with van der Waals surface area (Å²) in [4.78, 5) is 15.2. The van der Waals surface area contributed by atoms with Gasteiger partial charge in [0.05, 0.1) is 30.2 Å². The van der Waals surface area contributed by atoms with Gasteiger partial charge in [-0.15, -0.1) is 0 Å². The Morgan fingerprint density at radius 1 is 1.12 bits per heavy atom. The number of carbonyl (C=O) groups excluding carboxylic acids is 1. The van der Waals surface area contributed by atoms with E-state index in [0.29, 0.717) is 50.5 Å². The van der Waals surface area contributed by atoms with E-state index in [1.807, 2.05) is 27.7 Å². The first kappa shape index (κ1) is 21.9. The maximum atomic E-state index is 13.4. The number of fused-ring (bicyclic) bond motifs is 1. The predicted octanol–water partition coefficient (Wildman–Crippen LogP) is 2.60. The van der Waals surface area contributed by atoms with Crippen molar-refractivity contribution in [3.05, 3.63) is 66.0 Å². The molecule has 2 fully saturated rings. The van der Waals surface area contributed by atoms with Crippen molar-refractivity contribution in [3.63, 3.8) is 0 Å². The number of rotatable bonds is 4. The van der Waals surface area contributed by atoms with E-state index in [0.717, 1.165) is 18.4 Å². The first-order chi connectivity index (χ1) is 16.0. The zero-order valence-electron chi connectivity index (χ0n) is 18.5. The standard InChI is InChI=1S/C24H28N4O4S/c29-24(21-5-3-7-22(16-21)28-11-1-2-14-33(28,30)31)26-12-13-32-18-19(17-26)15-20-6-4-10-27-23(20)8-9-25-27/h3-10,16,19H,1-2,11-15,17-18H2/t19-/m1/s1. The molecule has 4 heterocycles. The Morgan fingerprint density at radius 3 is 2.91 bits per heavy atom. The Bertz CT molecular complexity index is 1260. The van der Waals surface area contributed by atoms with Crippen LogP contribution in [-0.2, 0) is 21.2 Å². The third-order valence-electron chi connectivity index (χ3n) is 6.39. The van der Waals surface area contributed by atoms with E-state index in [4.69, 9.17) is 4.74 Å². The van der Waals surface area contributed by atoms with Crippen LogP contribution in [0.4, 0.5) is 5.69 Å². The van der Waals surface area contributed by atoms with Crippen molar-refractivity contribution in [1.82, 2.24) is 14.5 Å². The highest BCUT2D eigenvalue weighted by Gasteiger charge is 2.28. The van der Waals surface area contributed by atoms with Gasteiger partial charge in [0.25, 0.3) is 5.91 Å². The van der Waals surface area contributed by atoms with Gasteiger partial charge in [0.2, 0.25) is 10.0 Å². The zero-order chi connectivity index (χ0) is 22.8. The van der Waals surface area contributed by atoms with Crippen LogP contribution in [0.25, 0.3) is 5.52 Å². The van der Waals surface area contributed by atoms with Gasteiger partial charge in [0.15, 0.2) is 0 Å². The van der Waals surface area contributed by atoms with E-state index in [1.54, 1.807) is 30.5 Å². The van der Waals surface area contributed by atoms with Gasteiger partial charge in [-0.3, -0.25) is 9.10 Å². The number of benzene rings is 1. The van der Waals surface area contributed by atoms with Crippen molar-refractivity contribution in [3.8, 4) is 0 Å². The van der Waals surface area contributed by atoms with Crippen LogP contribution < -0.4 is 4.31 Å². The molecule has 33 heavy (non-hydrogen) atoms. The van der Waals surface area contributed by atoms with Gasteiger partial charge in [-0.1, -0.05) is 12.1 Å². The minimum Gasteiger partial charge on any atom is -0.379 e. The first-order valence-electron chi connectivity index (χ1n) is 11.4. The molecule has 1 atom stereocenters. The third-order valence-corrected chi connectivity index (χ3v) is 8.26. The summed E-state index contributed by atoms with van der Waals surface area (Å²) in [5, 5.41) is 4.30. The van der Waals surface area contributed by atoms with Gasteiger partial charge in [0.1, 0.15) is 0 Å². The molecule has 2 saturated heterocycles. The molecule has 174 valence electrons. The highest BCUT2D eigenvalue weighted by atomic mass is 32.2. The van der Waals surface area contributed by atoms with E-state index in [1.165, 1.54) is 9.87 Å². The molecule has 5 rings (SSSR count). The lowest BCUT2D eigenvalue weighted by Gasteiger charge is -2.29. The van der Waals surface area contributed by atoms with Crippen LogP contribution in [0.3, 0.4) is 0 Å². The van der Waals surface area contributed by atoms with Crippen molar-refractivity contribution in [1.29, 1.82) is 0 Å². The number of ether oxygens (including phenoxy) is 1. The molecule has 2 aromatic heterocycles. The molecule has 0 saturated carbocycles. The summed E-state index contributed by atoms with van der Waals surface area (Å²) >= 11 is 0. The lowest BCUT2D eigenvalue weighted by atomic mass is 9.99. The molecular weight excluding hydrogens is 440 g/mol. The van der Waals surface area contributed by atoms with Crippen molar-refractivity contribution in [2.75, 3.05) is 42.9 Å². The van der Waals surface area contributed by atoms with Crippen LogP contribution >= 0.6 is 0 Å². The Kier molecular flexibility index (Phi) is 6.07. The van der Waals surface area contributed by atoms with Crippen LogP contribution in [0.5, 0.6) is 0 Å². The zero-order valence-corrected chi connectivity index (χ0v) is 19.3. The van der Waals surface area contributed by atoms with Crippen molar-refractivity contribution in [2.45, 2.75) is 19.3 Å². The van der Waals surface area contributed by atoms with E-state index < -0.39 is 10.0 Å². The summed E-state index contributed by atoms with van der Waals surface area (Å²) in [6, 6.07) is 13.1. The molecule has 0 bridgehead atoms. The fourth-order valence-corrected chi connectivity index (χ4v) is 6.37. The number of hydrogen-bond acceptors (Lipinski definition) is 5. The number of anilines is 1. The number of amides is 1. The average molecular weight is 469 g/mol. The summed E-state index contributed by atoms with van der Waals surface area (Å²) in [5.41, 5.74) is 3.31. The number of aromatic nitrogens is 2. The van der Waals surface area contributed by atoms with Gasteiger partial charge in [-0.25, -0.2) is 12.9 Å². The molecule has 9 heteroatoms. The van der Waals surface area contributed by atoms with E-state index in [2.05, 4.69) is 11.2 Å². The smallest absolute Gasteiger partial charge is 0.254 e. The quantitative estimate of drug-likeness (QED) is 0.588. The summed E-state index contributed by atoms with van der Waals surface area (Å²) in [6.45, 7) is 2.63. The Hall–Kier alpha value is -2.91. The van der Waals surface area contributed by atoms with Crippen LogP contribution in [-0.4, -0.2) is 67.4 Å². The lowest BCUT2D eigenvalue weighted by molar-refractivity contribution is 0.0737. The molecule has 3 aromatic rings. The maximum absolute atomic E-state index is 13.4. The summed E-state index contributed by atoms with van der Waals surface area (Å²) in [7, 11) is -3.32. The summed E-state index contributed by atoms with van der Waals surface area (Å²) < 4.78 is 34.1. The van der Waals surface area contributed by atoms with E-state index >= 15 is 0 Å². The number of sulfonamides is 1. The molecule has 8 nitrogen and oxygen atoms in total. The minimum atomic E-state index is -3.32. The van der Waals surface area contributed by atoms with Crippen LogP contribution in [0.2, 0.25) is 0 Å². The van der Waals surface area contributed by atoms with Crippen LogP contribution in [0.15, 0.2) is 54.9 Å². The van der Waals surface area contributed by atoms with E-state index in [-0.39, 0.29) is 17.6 Å². The fraction of sp³-hybridized carbons (Fsp3) is 0.417. The van der Waals surface area contributed by atoms with Gasteiger partial charge >= 0.3 is 0 Å². The second-order valence-electron chi connectivity index (χ2n) is 8.74. The molecule has 0 N–H and O–H groups in total. The predicted molar refractivity (Wildman–Crippen MR) is 126 cm³/mol. The third kappa shape index (κ3) is 4.60. The number of pyridine rings is 1. The van der Waals surface area contributed by atoms with Crippen LogP contribution in [0.1, 0.15) is 28.8 Å². The molecule has 0 aliphatic carbocycles. The fourth-order valence-electron chi connectivity index (χ4n) is 4.74. The van der Waals surface area contributed by atoms with Crippen molar-refractivity contribution < 1.29 is 17.9 Å². The lowest BCUT2D eigenvalue weighted by Crippen LogP contribution is -2.38. The van der Waals surface area contributed by atoms with Crippen molar-refractivity contribution in [2.24, 2.45) is 5.92 Å². The van der Waals surface area contributed by atoms with Gasteiger partial charge in [0, 0.05) is 43.5 Å². The molecule has 0 radical (unpaired) electrons. The number of nitrogens with zero attached hydrogens (tertiary/aromatic N) is 4. The second-order valence-corrected chi connectivity index (χ2v) is 10.7. The Morgan fingerprint density at radius 2 is 2.03 bits per heavy atom. The van der Waals surface area contributed by atoms with Gasteiger partial charge < -0.3 is 9.64 Å². The second kappa shape index (κ2) is 9.15. The number of carbonyl (C=O) groups is 1. The maximum Gasteiger partial charge on any atom is 0.254 e. The molecule has 0 spiro atoms. The average Bonchev–Trinajstić information content (AvgIpc) is 3.18. The normalized spacial score (nSPS) is 21.2. The van der Waals surface area contributed by atoms with Crippen LogP contribution in [0, 0.1) is 5.92 Å². The minimum absolute atomic E-state index is 0.0932. The van der Waals surface area contributed by atoms with Crippen molar-refractivity contribution >= 4 is 27.1 Å². The Labute approximate surface area is 193 Å². The first-order valence-corrected chi connectivity index (χ1v) is 13.0. The summed E-state index contributed by atoms with van der Waals surface area (Å²) in [6.07, 6.45) is 6.00. The van der Waals surface area contributed by atoms with Gasteiger partial charge in [-0.05, 0) is 55.2 Å². The molecular formula is C24H28N4O4S. The largest absolute Gasteiger partial charge is 0.379 e. The molecule has 0 unspecified atom stereocenters. The topological polar surface area (TPSA) is 84.2 Å². The molecule has 1 amide bonds. The monoisotopic (exact) mass is 468 g/mol. The molecule has 2 aliphatic heterocycles.